The SMILES string of the molecule is Cc1ccc(-n2cnc(CBr)c2)cn1. The summed E-state index contributed by atoms with van der Waals surface area (Å²) in [6, 6.07) is 4.02. The first kappa shape index (κ1) is 9.40. The lowest BCUT2D eigenvalue weighted by atomic mass is 10.3. The number of hydrogen-bond donors (Lipinski definition) is 0. The van der Waals surface area contributed by atoms with Crippen molar-refractivity contribution in [1.29, 1.82) is 0 Å². The molecule has 0 saturated heterocycles. The van der Waals surface area contributed by atoms with Crippen LogP contribution in [0.25, 0.3) is 5.69 Å². The summed E-state index contributed by atoms with van der Waals surface area (Å²) in [6.45, 7) is 1.97. The summed E-state index contributed by atoms with van der Waals surface area (Å²) >= 11 is 3.36. The Balaban J connectivity index is 2.34. The number of imidazole rings is 1. The molecule has 0 aliphatic carbocycles. The van der Waals surface area contributed by atoms with Crippen molar-refractivity contribution in [3.05, 3.63) is 42.2 Å². The van der Waals surface area contributed by atoms with E-state index in [2.05, 4.69) is 25.9 Å². The molecular formula is C10H10BrN3. The lowest BCUT2D eigenvalue weighted by Gasteiger charge is -2.00. The normalized spacial score (nSPS) is 10.4. The van der Waals surface area contributed by atoms with Gasteiger partial charge >= 0.3 is 0 Å². The molecule has 4 heteroatoms. The van der Waals surface area contributed by atoms with E-state index in [-0.39, 0.29) is 0 Å². The molecule has 14 heavy (non-hydrogen) atoms. The molecule has 0 amide bonds. The van der Waals surface area contributed by atoms with Gasteiger partial charge in [-0.05, 0) is 19.1 Å². The van der Waals surface area contributed by atoms with Crippen LogP contribution in [0.2, 0.25) is 0 Å². The van der Waals surface area contributed by atoms with Gasteiger partial charge in [-0.2, -0.15) is 0 Å². The zero-order valence-corrected chi connectivity index (χ0v) is 9.40. The first-order chi connectivity index (χ1) is 6.79. The van der Waals surface area contributed by atoms with Crippen molar-refractivity contribution in [2.24, 2.45) is 0 Å². The summed E-state index contributed by atoms with van der Waals surface area (Å²) in [4.78, 5) is 8.45. The van der Waals surface area contributed by atoms with Crippen molar-refractivity contribution in [3.8, 4) is 5.69 Å². The van der Waals surface area contributed by atoms with Crippen LogP contribution >= 0.6 is 15.9 Å². The van der Waals surface area contributed by atoms with Gasteiger partial charge in [0, 0.05) is 17.2 Å². The molecule has 0 atom stereocenters. The maximum absolute atomic E-state index is 4.23. The van der Waals surface area contributed by atoms with Crippen LogP contribution < -0.4 is 0 Å². The Bertz CT molecular complexity index is 419. The molecule has 2 rings (SSSR count). The van der Waals surface area contributed by atoms with Crippen LogP contribution in [0.4, 0.5) is 0 Å². The Kier molecular flexibility index (Phi) is 2.63. The van der Waals surface area contributed by atoms with Crippen LogP contribution in [0.3, 0.4) is 0 Å². The molecule has 2 heterocycles. The van der Waals surface area contributed by atoms with Gasteiger partial charge in [0.1, 0.15) is 0 Å². The van der Waals surface area contributed by atoms with Crippen LogP contribution in [0, 0.1) is 6.92 Å². The minimum absolute atomic E-state index is 0.777. The van der Waals surface area contributed by atoms with Crippen molar-refractivity contribution in [2.75, 3.05) is 0 Å². The van der Waals surface area contributed by atoms with Gasteiger partial charge in [0.15, 0.2) is 0 Å². The van der Waals surface area contributed by atoms with Crippen LogP contribution in [0.1, 0.15) is 11.4 Å². The van der Waals surface area contributed by atoms with E-state index in [1.807, 2.05) is 36.0 Å². The largest absolute Gasteiger partial charge is 0.304 e. The van der Waals surface area contributed by atoms with Crippen molar-refractivity contribution >= 4 is 15.9 Å². The average Bonchev–Trinajstić information content (AvgIpc) is 2.67. The fourth-order valence-electron chi connectivity index (χ4n) is 1.19. The zero-order valence-electron chi connectivity index (χ0n) is 7.81. The highest BCUT2D eigenvalue weighted by molar-refractivity contribution is 9.08. The summed E-state index contributed by atoms with van der Waals surface area (Å²) in [7, 11) is 0. The number of aryl methyl sites for hydroxylation is 1. The van der Waals surface area contributed by atoms with Crippen molar-refractivity contribution in [2.45, 2.75) is 12.3 Å². The highest BCUT2D eigenvalue weighted by atomic mass is 79.9. The predicted molar refractivity (Wildman–Crippen MR) is 58.7 cm³/mol. The Morgan fingerprint density at radius 3 is 2.79 bits per heavy atom. The van der Waals surface area contributed by atoms with Crippen LogP contribution in [-0.2, 0) is 5.33 Å². The van der Waals surface area contributed by atoms with E-state index in [9.17, 15) is 0 Å². The second-order valence-corrected chi connectivity index (χ2v) is 3.62. The third kappa shape index (κ3) is 1.85. The molecule has 0 radical (unpaired) electrons. The maximum Gasteiger partial charge on any atom is 0.0996 e. The topological polar surface area (TPSA) is 30.7 Å². The highest BCUT2D eigenvalue weighted by Crippen LogP contribution is 2.09. The fourth-order valence-corrected chi connectivity index (χ4v) is 1.48. The van der Waals surface area contributed by atoms with E-state index in [4.69, 9.17) is 0 Å². The Labute approximate surface area is 90.9 Å². The minimum atomic E-state index is 0.777. The lowest BCUT2D eigenvalue weighted by molar-refractivity contribution is 1.03. The smallest absolute Gasteiger partial charge is 0.0996 e. The lowest BCUT2D eigenvalue weighted by Crippen LogP contribution is -1.91. The number of rotatable bonds is 2. The molecule has 0 fully saturated rings. The number of nitrogens with zero attached hydrogens (tertiary/aromatic N) is 3. The zero-order chi connectivity index (χ0) is 9.97. The third-order valence-electron chi connectivity index (χ3n) is 1.97. The molecule has 0 saturated carbocycles. The van der Waals surface area contributed by atoms with Gasteiger partial charge in [-0.1, -0.05) is 15.9 Å². The first-order valence-electron chi connectivity index (χ1n) is 4.31. The quantitative estimate of drug-likeness (QED) is 0.768. The molecule has 0 unspecified atom stereocenters. The number of hydrogen-bond acceptors (Lipinski definition) is 2. The number of alkyl halides is 1. The predicted octanol–water partition coefficient (Wildman–Crippen LogP) is 2.47. The average molecular weight is 252 g/mol. The van der Waals surface area contributed by atoms with Crippen LogP contribution in [0.5, 0.6) is 0 Å². The summed E-state index contributed by atoms with van der Waals surface area (Å²) < 4.78 is 1.96. The summed E-state index contributed by atoms with van der Waals surface area (Å²) in [5.74, 6) is 0. The van der Waals surface area contributed by atoms with Gasteiger partial charge in [-0.25, -0.2) is 4.98 Å². The van der Waals surface area contributed by atoms with Crippen LogP contribution in [0.15, 0.2) is 30.9 Å². The van der Waals surface area contributed by atoms with E-state index >= 15 is 0 Å². The van der Waals surface area contributed by atoms with E-state index < -0.39 is 0 Å². The summed E-state index contributed by atoms with van der Waals surface area (Å²) in [5, 5.41) is 0.777. The van der Waals surface area contributed by atoms with Gasteiger partial charge in [0.05, 0.1) is 23.9 Å². The standard InChI is InChI=1S/C10H10BrN3/c1-8-2-3-10(5-12-8)14-6-9(4-11)13-7-14/h2-3,5-7H,4H2,1H3. The molecule has 72 valence electrons. The van der Waals surface area contributed by atoms with E-state index in [0.29, 0.717) is 0 Å². The second kappa shape index (κ2) is 3.92. The highest BCUT2D eigenvalue weighted by Gasteiger charge is 1.99. The van der Waals surface area contributed by atoms with E-state index in [0.717, 1.165) is 22.4 Å². The van der Waals surface area contributed by atoms with E-state index in [1.54, 1.807) is 6.33 Å². The Hall–Kier alpha value is -1.16. The molecular weight excluding hydrogens is 242 g/mol. The summed E-state index contributed by atoms with van der Waals surface area (Å²) in [6.07, 6.45) is 5.62. The van der Waals surface area contributed by atoms with Gasteiger partial charge in [-0.3, -0.25) is 4.98 Å². The van der Waals surface area contributed by atoms with Gasteiger partial charge < -0.3 is 4.57 Å². The first-order valence-corrected chi connectivity index (χ1v) is 5.43. The molecule has 2 aromatic rings. The molecule has 0 aliphatic heterocycles. The molecule has 3 nitrogen and oxygen atoms in total. The monoisotopic (exact) mass is 251 g/mol. The minimum Gasteiger partial charge on any atom is -0.304 e. The van der Waals surface area contributed by atoms with Crippen molar-refractivity contribution in [1.82, 2.24) is 14.5 Å². The van der Waals surface area contributed by atoms with E-state index in [1.165, 1.54) is 0 Å². The number of aromatic nitrogens is 3. The fraction of sp³-hybridized carbons (Fsp3) is 0.200. The van der Waals surface area contributed by atoms with Crippen LogP contribution in [-0.4, -0.2) is 14.5 Å². The summed E-state index contributed by atoms with van der Waals surface area (Å²) in [5.41, 5.74) is 3.08. The molecule has 0 aromatic carbocycles. The molecule has 0 aliphatic rings. The van der Waals surface area contributed by atoms with Gasteiger partial charge in [-0.15, -0.1) is 0 Å². The van der Waals surface area contributed by atoms with Crippen molar-refractivity contribution < 1.29 is 0 Å². The molecule has 0 bridgehead atoms. The molecule has 2 aromatic heterocycles. The number of halogens is 1. The third-order valence-corrected chi connectivity index (χ3v) is 2.54. The van der Waals surface area contributed by atoms with Crippen molar-refractivity contribution in [3.63, 3.8) is 0 Å². The molecule has 0 spiro atoms. The Morgan fingerprint density at radius 1 is 1.36 bits per heavy atom. The second-order valence-electron chi connectivity index (χ2n) is 3.06. The van der Waals surface area contributed by atoms with Gasteiger partial charge in [0.25, 0.3) is 0 Å². The Morgan fingerprint density at radius 2 is 2.21 bits per heavy atom. The number of pyridine rings is 1. The maximum atomic E-state index is 4.23. The molecule has 0 N–H and O–H groups in total. The van der Waals surface area contributed by atoms with Gasteiger partial charge in [0.2, 0.25) is 0 Å².